The average molecular weight is 198 g/mol. The van der Waals surface area contributed by atoms with Crippen LogP contribution in [0, 0.1) is 0 Å². The highest BCUT2D eigenvalue weighted by atomic mass is 16.5. The molecule has 1 N–H and O–H groups in total. The second-order valence-electron chi connectivity index (χ2n) is 3.32. The first-order chi connectivity index (χ1) is 6.54. The Morgan fingerprint density at radius 3 is 2.79 bits per heavy atom. The smallest absolute Gasteiger partial charge is 0.325 e. The molecule has 1 aromatic rings. The van der Waals surface area contributed by atoms with Crippen LogP contribution in [0.2, 0.25) is 0 Å². The maximum atomic E-state index is 10.5. The molecule has 0 spiro atoms. The Balaban J connectivity index is 2.96. The van der Waals surface area contributed by atoms with E-state index in [1.807, 2.05) is 13.8 Å². The lowest BCUT2D eigenvalue weighted by molar-refractivity contribution is -0.138. The minimum atomic E-state index is -0.929. The zero-order valence-corrected chi connectivity index (χ0v) is 8.52. The van der Waals surface area contributed by atoms with Gasteiger partial charge in [0.05, 0.1) is 12.8 Å². The Hall–Kier alpha value is -1.52. The van der Waals surface area contributed by atoms with E-state index in [1.165, 1.54) is 11.8 Å². The van der Waals surface area contributed by atoms with Crippen LogP contribution >= 0.6 is 0 Å². The predicted octanol–water partition coefficient (Wildman–Crippen LogP) is 1.10. The van der Waals surface area contributed by atoms with Crippen molar-refractivity contribution in [2.45, 2.75) is 26.3 Å². The van der Waals surface area contributed by atoms with Crippen LogP contribution < -0.4 is 4.74 Å². The van der Waals surface area contributed by atoms with Gasteiger partial charge in [-0.3, -0.25) is 4.79 Å². The summed E-state index contributed by atoms with van der Waals surface area (Å²) >= 11 is 0. The molecule has 0 radical (unpaired) electrons. The van der Waals surface area contributed by atoms with E-state index in [0.29, 0.717) is 5.88 Å². The molecular weight excluding hydrogens is 184 g/mol. The molecule has 0 bridgehead atoms. The number of aromatic nitrogens is 2. The van der Waals surface area contributed by atoms with Crippen molar-refractivity contribution >= 4 is 5.97 Å². The summed E-state index contributed by atoms with van der Waals surface area (Å²) in [5.74, 6) is -0.184. The molecule has 1 rings (SSSR count). The van der Waals surface area contributed by atoms with Gasteiger partial charge in [-0.15, -0.1) is 0 Å². The molecule has 0 aliphatic rings. The summed E-state index contributed by atoms with van der Waals surface area (Å²) < 4.78 is 6.36. The molecule has 1 aromatic heterocycles. The maximum absolute atomic E-state index is 10.5. The van der Waals surface area contributed by atoms with Gasteiger partial charge in [0, 0.05) is 6.07 Å². The molecule has 0 unspecified atom stereocenters. The number of carbonyl (C=O) groups is 1. The topological polar surface area (TPSA) is 64.4 Å². The van der Waals surface area contributed by atoms with Crippen molar-refractivity contribution in [1.29, 1.82) is 0 Å². The zero-order valence-electron chi connectivity index (χ0n) is 8.52. The van der Waals surface area contributed by atoms with E-state index in [-0.39, 0.29) is 12.5 Å². The average Bonchev–Trinajstić information content (AvgIpc) is 2.46. The van der Waals surface area contributed by atoms with Crippen LogP contribution in [0.4, 0.5) is 0 Å². The van der Waals surface area contributed by atoms with E-state index < -0.39 is 5.97 Å². The van der Waals surface area contributed by atoms with Crippen molar-refractivity contribution in [3.8, 4) is 5.88 Å². The van der Waals surface area contributed by atoms with Gasteiger partial charge in [-0.2, -0.15) is 5.10 Å². The fourth-order valence-electron chi connectivity index (χ4n) is 1.11. The number of hydrogen-bond donors (Lipinski definition) is 1. The van der Waals surface area contributed by atoms with Crippen LogP contribution in [0.25, 0.3) is 0 Å². The van der Waals surface area contributed by atoms with Gasteiger partial charge >= 0.3 is 5.97 Å². The molecule has 0 saturated carbocycles. The number of carboxylic acid groups (broad SMARTS) is 1. The minimum absolute atomic E-state index is 0.171. The van der Waals surface area contributed by atoms with E-state index in [9.17, 15) is 4.79 Å². The summed E-state index contributed by atoms with van der Waals surface area (Å²) in [4.78, 5) is 10.5. The van der Waals surface area contributed by atoms with Gasteiger partial charge in [0.2, 0.25) is 5.88 Å². The SMILES string of the molecule is COc1cc(C(C)C)nn1CC(=O)O. The van der Waals surface area contributed by atoms with Crippen molar-refractivity contribution in [2.24, 2.45) is 0 Å². The number of nitrogens with zero attached hydrogens (tertiary/aromatic N) is 2. The van der Waals surface area contributed by atoms with Crippen LogP contribution in [-0.2, 0) is 11.3 Å². The van der Waals surface area contributed by atoms with E-state index in [4.69, 9.17) is 9.84 Å². The fourth-order valence-corrected chi connectivity index (χ4v) is 1.11. The van der Waals surface area contributed by atoms with Gasteiger partial charge in [0.15, 0.2) is 0 Å². The van der Waals surface area contributed by atoms with Crippen LogP contribution in [0.5, 0.6) is 5.88 Å². The minimum Gasteiger partial charge on any atom is -0.481 e. The molecule has 5 nitrogen and oxygen atoms in total. The van der Waals surface area contributed by atoms with Crippen LogP contribution in [0.1, 0.15) is 25.5 Å². The van der Waals surface area contributed by atoms with Crippen LogP contribution in [-0.4, -0.2) is 28.0 Å². The third-order valence-corrected chi connectivity index (χ3v) is 1.85. The molecule has 0 fully saturated rings. The molecule has 0 saturated heterocycles. The Morgan fingerprint density at radius 1 is 1.71 bits per heavy atom. The number of rotatable bonds is 4. The van der Waals surface area contributed by atoms with Gasteiger partial charge in [-0.1, -0.05) is 13.8 Å². The number of hydrogen-bond acceptors (Lipinski definition) is 3. The van der Waals surface area contributed by atoms with Crippen molar-refractivity contribution in [3.63, 3.8) is 0 Å². The molecule has 78 valence electrons. The lowest BCUT2D eigenvalue weighted by Crippen LogP contribution is -2.11. The Labute approximate surface area is 82.3 Å². The summed E-state index contributed by atoms with van der Waals surface area (Å²) in [5, 5.41) is 12.7. The van der Waals surface area contributed by atoms with Gasteiger partial charge in [-0.25, -0.2) is 4.68 Å². The fraction of sp³-hybridized carbons (Fsp3) is 0.556. The lowest BCUT2D eigenvalue weighted by atomic mass is 10.1. The number of methoxy groups -OCH3 is 1. The van der Waals surface area contributed by atoms with Gasteiger partial charge in [0.1, 0.15) is 6.54 Å². The van der Waals surface area contributed by atoms with E-state index >= 15 is 0 Å². The highest BCUT2D eigenvalue weighted by Crippen LogP contribution is 2.19. The van der Waals surface area contributed by atoms with Crippen LogP contribution in [0.15, 0.2) is 6.07 Å². The molecule has 0 amide bonds. The molecule has 0 aliphatic carbocycles. The van der Waals surface area contributed by atoms with Crippen LogP contribution in [0.3, 0.4) is 0 Å². The quantitative estimate of drug-likeness (QED) is 0.786. The van der Waals surface area contributed by atoms with Gasteiger partial charge in [-0.05, 0) is 5.92 Å². The monoisotopic (exact) mass is 198 g/mol. The first-order valence-electron chi connectivity index (χ1n) is 4.38. The Bertz CT molecular complexity index is 331. The summed E-state index contributed by atoms with van der Waals surface area (Å²) in [6, 6.07) is 1.76. The Kier molecular flexibility index (Phi) is 3.11. The second kappa shape index (κ2) is 4.13. The van der Waals surface area contributed by atoms with Crippen molar-refractivity contribution < 1.29 is 14.6 Å². The first-order valence-corrected chi connectivity index (χ1v) is 4.38. The van der Waals surface area contributed by atoms with Gasteiger partial charge in [0.25, 0.3) is 0 Å². The number of aliphatic carboxylic acids is 1. The summed E-state index contributed by atoms with van der Waals surface area (Å²) in [5.41, 5.74) is 0.836. The molecule has 1 heterocycles. The molecule has 14 heavy (non-hydrogen) atoms. The first kappa shape index (κ1) is 10.6. The highest BCUT2D eigenvalue weighted by Gasteiger charge is 2.12. The van der Waals surface area contributed by atoms with E-state index in [1.54, 1.807) is 6.07 Å². The largest absolute Gasteiger partial charge is 0.481 e. The standard InChI is InChI=1S/C9H14N2O3/c1-6(2)7-4-8(14-3)11(10-7)5-9(12)13/h4,6H,5H2,1-3H3,(H,12,13). The van der Waals surface area contributed by atoms with E-state index in [2.05, 4.69) is 5.10 Å². The lowest BCUT2D eigenvalue weighted by Gasteiger charge is -2.01. The highest BCUT2D eigenvalue weighted by molar-refractivity contribution is 5.66. The molecular formula is C9H14N2O3. The Morgan fingerprint density at radius 2 is 2.36 bits per heavy atom. The number of carboxylic acids is 1. The second-order valence-corrected chi connectivity index (χ2v) is 3.32. The summed E-state index contributed by atoms with van der Waals surface area (Å²) in [6.45, 7) is 3.82. The van der Waals surface area contributed by atoms with Crippen molar-refractivity contribution in [3.05, 3.63) is 11.8 Å². The molecule has 0 atom stereocenters. The van der Waals surface area contributed by atoms with Crippen molar-refractivity contribution in [1.82, 2.24) is 9.78 Å². The summed E-state index contributed by atoms with van der Waals surface area (Å²) in [7, 11) is 1.50. The molecule has 0 aliphatic heterocycles. The van der Waals surface area contributed by atoms with Crippen molar-refractivity contribution in [2.75, 3.05) is 7.11 Å². The normalized spacial score (nSPS) is 10.6. The number of ether oxygens (including phenoxy) is 1. The van der Waals surface area contributed by atoms with Gasteiger partial charge < -0.3 is 9.84 Å². The third kappa shape index (κ3) is 2.25. The maximum Gasteiger partial charge on any atom is 0.325 e. The predicted molar refractivity (Wildman–Crippen MR) is 50.5 cm³/mol. The molecule has 5 heteroatoms. The van der Waals surface area contributed by atoms with E-state index in [0.717, 1.165) is 5.69 Å². The molecule has 0 aromatic carbocycles. The zero-order chi connectivity index (χ0) is 10.7. The summed E-state index contributed by atoms with van der Waals surface area (Å²) in [6.07, 6.45) is 0. The third-order valence-electron chi connectivity index (χ3n) is 1.85.